The molecule has 0 nitrogen and oxygen atoms in total. The van der Waals surface area contributed by atoms with Gasteiger partial charge in [0.15, 0.2) is 0 Å². The molecule has 92 valence electrons. The predicted octanol–water partition coefficient (Wildman–Crippen LogP) is 4.53. The molecule has 0 amide bonds. The van der Waals surface area contributed by atoms with Crippen LogP contribution in [0.15, 0.2) is 66.7 Å². The van der Waals surface area contributed by atoms with Crippen molar-refractivity contribution in [3.8, 4) is 11.1 Å². The van der Waals surface area contributed by atoms with Crippen molar-refractivity contribution < 1.29 is 35.3 Å². The molecule has 0 saturated heterocycles. The predicted molar refractivity (Wildman–Crippen MR) is 70.0 cm³/mol. The number of halogens is 2. The fraction of sp³-hybridized carbons (Fsp3) is 0. The molecule has 3 aromatic carbocycles. The van der Waals surface area contributed by atoms with Crippen molar-refractivity contribution in [2.24, 2.45) is 0 Å². The molecular weight excluding hydrogens is 397 g/mol. The van der Waals surface area contributed by atoms with Gasteiger partial charge in [-0.05, 0) is 5.56 Å². The third-order valence-electron chi connectivity index (χ3n) is 2.76. The minimum absolute atomic E-state index is 0. The summed E-state index contributed by atoms with van der Waals surface area (Å²) in [6, 6.07) is 23.4. The third kappa shape index (κ3) is 2.96. The van der Waals surface area contributed by atoms with E-state index in [1.165, 1.54) is 21.9 Å². The van der Waals surface area contributed by atoms with Gasteiger partial charge in [-0.1, -0.05) is 42.0 Å². The second-order valence-electron chi connectivity index (χ2n) is 3.70. The number of hydrogen-bond donors (Lipinski definition) is 0. The minimum atomic E-state index is 0. The van der Waals surface area contributed by atoms with E-state index in [2.05, 4.69) is 66.7 Å². The SMILES string of the molecule is F.F.[Hf].c1ccc(-c2cccc3[cH-]ccc23)cc1. The smallest absolute Gasteiger partial charge is 0 e. The van der Waals surface area contributed by atoms with Crippen molar-refractivity contribution in [2.45, 2.75) is 0 Å². The van der Waals surface area contributed by atoms with Gasteiger partial charge in [0.05, 0.1) is 0 Å². The van der Waals surface area contributed by atoms with Crippen LogP contribution in [0.3, 0.4) is 0 Å². The van der Waals surface area contributed by atoms with Crippen LogP contribution in [0.2, 0.25) is 0 Å². The number of hydrogen-bond acceptors (Lipinski definition) is 0. The first kappa shape index (κ1) is 16.8. The Bertz CT molecular complexity index is 588. The third-order valence-corrected chi connectivity index (χ3v) is 2.76. The quantitative estimate of drug-likeness (QED) is 0.409. The van der Waals surface area contributed by atoms with Crippen LogP contribution in [-0.4, -0.2) is 0 Å². The molecule has 0 N–H and O–H groups in total. The van der Waals surface area contributed by atoms with Crippen LogP contribution in [0.4, 0.5) is 9.41 Å². The summed E-state index contributed by atoms with van der Waals surface area (Å²) in [4.78, 5) is 0. The summed E-state index contributed by atoms with van der Waals surface area (Å²) in [6.45, 7) is 0. The van der Waals surface area contributed by atoms with E-state index in [0.717, 1.165) is 0 Å². The van der Waals surface area contributed by atoms with Crippen LogP contribution in [0, 0.1) is 0 Å². The van der Waals surface area contributed by atoms with Crippen LogP contribution < -0.4 is 0 Å². The van der Waals surface area contributed by atoms with E-state index in [-0.39, 0.29) is 35.3 Å². The molecule has 0 aliphatic carbocycles. The van der Waals surface area contributed by atoms with Gasteiger partial charge in [-0.3, -0.25) is 9.41 Å². The zero-order chi connectivity index (χ0) is 10.1. The van der Waals surface area contributed by atoms with E-state index in [9.17, 15) is 0 Å². The van der Waals surface area contributed by atoms with Gasteiger partial charge in [0.2, 0.25) is 0 Å². The molecule has 0 saturated carbocycles. The van der Waals surface area contributed by atoms with Crippen LogP contribution in [0.5, 0.6) is 0 Å². The normalized spacial score (nSPS) is 8.89. The standard InChI is InChI=1S/C15H11.2FH.Hf/c1-2-6-12(7-3-1)14-10-4-8-13-9-5-11-15(13)14;;;/h1-11H;2*1H;/q-1;;;. The maximum Gasteiger partial charge on any atom is 0 e. The molecule has 0 heterocycles. The van der Waals surface area contributed by atoms with Crippen molar-refractivity contribution >= 4 is 10.8 Å². The molecule has 0 atom stereocenters. The van der Waals surface area contributed by atoms with E-state index in [4.69, 9.17) is 0 Å². The molecule has 18 heavy (non-hydrogen) atoms. The fourth-order valence-electron chi connectivity index (χ4n) is 2.03. The zero-order valence-corrected chi connectivity index (χ0v) is 13.3. The summed E-state index contributed by atoms with van der Waals surface area (Å²) in [7, 11) is 0. The Kier molecular flexibility index (Phi) is 6.77. The maximum atomic E-state index is 2.18. The minimum Gasteiger partial charge on any atom is -0.269 e. The molecule has 0 aliphatic rings. The first-order chi connectivity index (χ1) is 7.45. The molecule has 0 bridgehead atoms. The Morgan fingerprint density at radius 2 is 1.44 bits per heavy atom. The molecule has 0 spiro atoms. The maximum absolute atomic E-state index is 2.18. The summed E-state index contributed by atoms with van der Waals surface area (Å²) in [6.07, 6.45) is 0. The van der Waals surface area contributed by atoms with Crippen LogP contribution >= 0.6 is 0 Å². The molecule has 0 unspecified atom stereocenters. The first-order valence-electron chi connectivity index (χ1n) is 5.15. The molecule has 0 aromatic heterocycles. The molecule has 0 radical (unpaired) electrons. The van der Waals surface area contributed by atoms with Crippen molar-refractivity contribution in [3.05, 3.63) is 66.7 Å². The van der Waals surface area contributed by atoms with Crippen molar-refractivity contribution in [1.82, 2.24) is 0 Å². The fourth-order valence-corrected chi connectivity index (χ4v) is 2.03. The molecule has 0 fully saturated rings. The van der Waals surface area contributed by atoms with E-state index in [0.29, 0.717) is 0 Å². The first-order valence-corrected chi connectivity index (χ1v) is 5.15. The Hall–Kier alpha value is -1.22. The van der Waals surface area contributed by atoms with Gasteiger partial charge in [0.1, 0.15) is 0 Å². The largest absolute Gasteiger partial charge is 0.269 e. The molecule has 3 aromatic rings. The molecule has 0 aliphatic heterocycles. The second-order valence-corrected chi connectivity index (χ2v) is 3.70. The Labute approximate surface area is 124 Å². The Morgan fingerprint density at radius 3 is 2.17 bits per heavy atom. The van der Waals surface area contributed by atoms with E-state index < -0.39 is 0 Å². The second kappa shape index (κ2) is 7.27. The summed E-state index contributed by atoms with van der Waals surface area (Å²) < 4.78 is 0. The monoisotopic (exact) mass is 411 g/mol. The van der Waals surface area contributed by atoms with Crippen molar-refractivity contribution in [3.63, 3.8) is 0 Å². The Morgan fingerprint density at radius 1 is 0.722 bits per heavy atom. The van der Waals surface area contributed by atoms with Crippen LogP contribution in [-0.2, 0) is 25.8 Å². The number of rotatable bonds is 1. The summed E-state index contributed by atoms with van der Waals surface area (Å²) in [5.74, 6) is 0. The van der Waals surface area contributed by atoms with Gasteiger partial charge >= 0.3 is 0 Å². The van der Waals surface area contributed by atoms with Gasteiger partial charge < -0.3 is 0 Å². The summed E-state index contributed by atoms with van der Waals surface area (Å²) in [5.41, 5.74) is 2.60. The van der Waals surface area contributed by atoms with Crippen LogP contribution in [0.1, 0.15) is 0 Å². The van der Waals surface area contributed by atoms with E-state index in [1.807, 2.05) is 0 Å². The summed E-state index contributed by atoms with van der Waals surface area (Å²) in [5, 5.41) is 2.65. The van der Waals surface area contributed by atoms with E-state index >= 15 is 0 Å². The topological polar surface area (TPSA) is 0 Å². The Balaban J connectivity index is 0.000000963. The molecular formula is C15H13F2Hf-. The van der Waals surface area contributed by atoms with Crippen LogP contribution in [0.25, 0.3) is 21.9 Å². The van der Waals surface area contributed by atoms with Gasteiger partial charge in [-0.25, -0.2) is 0 Å². The molecule has 3 heteroatoms. The van der Waals surface area contributed by atoms with Gasteiger partial charge in [0.25, 0.3) is 0 Å². The summed E-state index contributed by atoms with van der Waals surface area (Å²) >= 11 is 0. The zero-order valence-electron chi connectivity index (χ0n) is 9.67. The average Bonchev–Trinajstić information content (AvgIpc) is 2.78. The molecule has 3 rings (SSSR count). The van der Waals surface area contributed by atoms with Crippen molar-refractivity contribution in [2.75, 3.05) is 0 Å². The van der Waals surface area contributed by atoms with Gasteiger partial charge in [-0.2, -0.15) is 12.1 Å². The number of benzene rings is 2. The number of fused-ring (bicyclic) bond motifs is 1. The van der Waals surface area contributed by atoms with Gasteiger partial charge in [-0.15, -0.1) is 29.0 Å². The van der Waals surface area contributed by atoms with Gasteiger partial charge in [0, 0.05) is 25.8 Å². The van der Waals surface area contributed by atoms with Crippen molar-refractivity contribution in [1.29, 1.82) is 0 Å². The van der Waals surface area contributed by atoms with E-state index in [1.54, 1.807) is 0 Å². The average molecular weight is 410 g/mol.